The van der Waals surface area contributed by atoms with Gasteiger partial charge in [-0.2, -0.15) is 0 Å². The Balaban J connectivity index is 1.85. The van der Waals surface area contributed by atoms with Crippen LogP contribution in [0.3, 0.4) is 0 Å². The molecule has 3 rings (SSSR count). The first kappa shape index (κ1) is 22.1. The Morgan fingerprint density at radius 1 is 1.06 bits per heavy atom. The van der Waals surface area contributed by atoms with Gasteiger partial charge in [-0.05, 0) is 67.8 Å². The number of benzene rings is 2. The molecule has 0 bridgehead atoms. The number of aryl methyl sites for hydroxylation is 2. The predicted octanol–water partition coefficient (Wildman–Crippen LogP) is 3.51. The standard InChI is InChI=1S/C24H26N2O5/c1-6-29-21-13-17(8-10-20(21)30-14-22(27)26(4)5)12-19-24(28)31-23(25-19)18-9-7-15(2)16(3)11-18/h7-13H,6,14H2,1-5H3. The molecular weight excluding hydrogens is 396 g/mol. The van der Waals surface area contributed by atoms with Gasteiger partial charge in [-0.3, -0.25) is 4.79 Å². The molecular formula is C24H26N2O5. The maximum absolute atomic E-state index is 12.3. The molecule has 0 aliphatic carbocycles. The summed E-state index contributed by atoms with van der Waals surface area (Å²) in [5.41, 5.74) is 3.91. The number of esters is 1. The van der Waals surface area contributed by atoms with Gasteiger partial charge in [0, 0.05) is 19.7 Å². The topological polar surface area (TPSA) is 77.4 Å². The van der Waals surface area contributed by atoms with Gasteiger partial charge in [-0.15, -0.1) is 0 Å². The lowest BCUT2D eigenvalue weighted by Gasteiger charge is -2.14. The van der Waals surface area contributed by atoms with Gasteiger partial charge in [0.15, 0.2) is 23.8 Å². The van der Waals surface area contributed by atoms with Crippen LogP contribution >= 0.6 is 0 Å². The molecule has 0 unspecified atom stereocenters. The largest absolute Gasteiger partial charge is 0.490 e. The second-order valence-corrected chi connectivity index (χ2v) is 7.35. The molecule has 2 aromatic carbocycles. The Morgan fingerprint density at radius 2 is 1.84 bits per heavy atom. The third-order valence-electron chi connectivity index (χ3n) is 4.80. The molecule has 7 heteroatoms. The van der Waals surface area contributed by atoms with E-state index in [1.807, 2.05) is 39.0 Å². The van der Waals surface area contributed by atoms with Crippen LogP contribution in [-0.2, 0) is 14.3 Å². The summed E-state index contributed by atoms with van der Waals surface area (Å²) in [7, 11) is 3.33. The van der Waals surface area contributed by atoms with Crippen molar-refractivity contribution < 1.29 is 23.8 Å². The summed E-state index contributed by atoms with van der Waals surface area (Å²) in [6.45, 7) is 6.21. The van der Waals surface area contributed by atoms with Crippen LogP contribution in [-0.4, -0.2) is 50.0 Å². The van der Waals surface area contributed by atoms with Gasteiger partial charge in [-0.1, -0.05) is 12.1 Å². The van der Waals surface area contributed by atoms with E-state index in [1.165, 1.54) is 4.90 Å². The highest BCUT2D eigenvalue weighted by Crippen LogP contribution is 2.30. The molecule has 0 spiro atoms. The number of likely N-dealkylation sites (N-methyl/N-ethyl adjacent to an activating group) is 1. The fourth-order valence-electron chi connectivity index (χ4n) is 2.84. The van der Waals surface area contributed by atoms with Crippen molar-refractivity contribution in [2.75, 3.05) is 27.3 Å². The van der Waals surface area contributed by atoms with Crippen LogP contribution < -0.4 is 9.47 Å². The lowest BCUT2D eigenvalue weighted by atomic mass is 10.1. The van der Waals surface area contributed by atoms with Crippen LogP contribution in [0.15, 0.2) is 47.1 Å². The van der Waals surface area contributed by atoms with Crippen molar-refractivity contribution in [2.24, 2.45) is 4.99 Å². The normalized spacial score (nSPS) is 14.3. The van der Waals surface area contributed by atoms with Crippen molar-refractivity contribution in [3.05, 3.63) is 64.3 Å². The molecule has 2 aromatic rings. The summed E-state index contributed by atoms with van der Waals surface area (Å²) in [6, 6.07) is 11.0. The molecule has 0 saturated carbocycles. The number of cyclic esters (lactones) is 1. The van der Waals surface area contributed by atoms with Crippen molar-refractivity contribution >= 4 is 23.9 Å². The quantitative estimate of drug-likeness (QED) is 0.504. The van der Waals surface area contributed by atoms with Crippen LogP contribution in [0.1, 0.15) is 29.2 Å². The first-order chi connectivity index (χ1) is 14.8. The van der Waals surface area contributed by atoms with Gasteiger partial charge in [0.1, 0.15) is 0 Å². The van der Waals surface area contributed by atoms with Crippen LogP contribution in [0.25, 0.3) is 6.08 Å². The monoisotopic (exact) mass is 422 g/mol. The number of ether oxygens (including phenoxy) is 3. The van der Waals surface area contributed by atoms with Crippen molar-refractivity contribution in [1.82, 2.24) is 4.90 Å². The van der Waals surface area contributed by atoms with E-state index in [1.54, 1.807) is 38.4 Å². The zero-order chi connectivity index (χ0) is 22.5. The summed E-state index contributed by atoms with van der Waals surface area (Å²) < 4.78 is 16.6. The average Bonchev–Trinajstić information content (AvgIpc) is 3.09. The summed E-state index contributed by atoms with van der Waals surface area (Å²) >= 11 is 0. The molecule has 0 aromatic heterocycles. The zero-order valence-electron chi connectivity index (χ0n) is 18.4. The van der Waals surface area contributed by atoms with E-state index < -0.39 is 5.97 Å². The minimum absolute atomic E-state index is 0.0938. The van der Waals surface area contributed by atoms with Gasteiger partial charge in [0.2, 0.25) is 5.90 Å². The Labute approximate surface area is 181 Å². The summed E-state index contributed by atoms with van der Waals surface area (Å²) in [5, 5.41) is 0. The number of carbonyl (C=O) groups excluding carboxylic acids is 2. The zero-order valence-corrected chi connectivity index (χ0v) is 18.4. The highest BCUT2D eigenvalue weighted by Gasteiger charge is 2.24. The first-order valence-corrected chi connectivity index (χ1v) is 9.98. The molecule has 1 aliphatic heterocycles. The maximum atomic E-state index is 12.3. The van der Waals surface area contributed by atoms with Gasteiger partial charge in [0.25, 0.3) is 5.91 Å². The van der Waals surface area contributed by atoms with Crippen LogP contribution in [0.2, 0.25) is 0 Å². The van der Waals surface area contributed by atoms with E-state index in [-0.39, 0.29) is 24.1 Å². The van der Waals surface area contributed by atoms with E-state index in [0.29, 0.717) is 23.7 Å². The van der Waals surface area contributed by atoms with E-state index in [4.69, 9.17) is 14.2 Å². The average molecular weight is 422 g/mol. The number of nitrogens with zero attached hydrogens (tertiary/aromatic N) is 2. The number of aliphatic imine (C=N–C) groups is 1. The number of amides is 1. The third kappa shape index (κ3) is 5.31. The van der Waals surface area contributed by atoms with Crippen molar-refractivity contribution in [3.63, 3.8) is 0 Å². The second kappa shape index (κ2) is 9.47. The fourth-order valence-corrected chi connectivity index (χ4v) is 2.84. The molecule has 0 atom stereocenters. The van der Waals surface area contributed by atoms with Crippen molar-refractivity contribution in [3.8, 4) is 11.5 Å². The Morgan fingerprint density at radius 3 is 2.52 bits per heavy atom. The maximum Gasteiger partial charge on any atom is 0.363 e. The predicted molar refractivity (Wildman–Crippen MR) is 118 cm³/mol. The van der Waals surface area contributed by atoms with Gasteiger partial charge < -0.3 is 19.1 Å². The third-order valence-corrected chi connectivity index (χ3v) is 4.80. The Bertz CT molecular complexity index is 1070. The molecule has 1 aliphatic rings. The Kier molecular flexibility index (Phi) is 6.74. The number of carbonyl (C=O) groups is 2. The molecule has 1 heterocycles. The molecule has 0 radical (unpaired) electrons. The molecule has 7 nitrogen and oxygen atoms in total. The van der Waals surface area contributed by atoms with E-state index in [2.05, 4.69) is 4.99 Å². The molecule has 162 valence electrons. The summed E-state index contributed by atoms with van der Waals surface area (Å²) in [5.74, 6) is 0.547. The number of hydrogen-bond donors (Lipinski definition) is 0. The van der Waals surface area contributed by atoms with E-state index in [0.717, 1.165) is 16.7 Å². The van der Waals surface area contributed by atoms with Gasteiger partial charge in [-0.25, -0.2) is 9.79 Å². The van der Waals surface area contributed by atoms with E-state index in [9.17, 15) is 9.59 Å². The minimum Gasteiger partial charge on any atom is -0.490 e. The number of hydrogen-bond acceptors (Lipinski definition) is 6. The van der Waals surface area contributed by atoms with Crippen molar-refractivity contribution in [2.45, 2.75) is 20.8 Å². The summed E-state index contributed by atoms with van der Waals surface area (Å²) in [4.78, 5) is 29.9. The summed E-state index contributed by atoms with van der Waals surface area (Å²) in [6.07, 6.45) is 1.63. The minimum atomic E-state index is -0.511. The van der Waals surface area contributed by atoms with Gasteiger partial charge >= 0.3 is 5.97 Å². The Hall–Kier alpha value is -3.61. The molecule has 0 saturated heterocycles. The highest BCUT2D eigenvalue weighted by atomic mass is 16.6. The lowest BCUT2D eigenvalue weighted by molar-refractivity contribution is -0.131. The lowest BCUT2D eigenvalue weighted by Crippen LogP contribution is -2.27. The SMILES string of the molecule is CCOc1cc(C=C2N=C(c3ccc(C)c(C)c3)OC2=O)ccc1OCC(=O)N(C)C. The molecule has 0 N–H and O–H groups in total. The molecule has 31 heavy (non-hydrogen) atoms. The smallest absolute Gasteiger partial charge is 0.363 e. The van der Waals surface area contributed by atoms with Crippen molar-refractivity contribution in [1.29, 1.82) is 0 Å². The second-order valence-electron chi connectivity index (χ2n) is 7.35. The molecule has 0 fully saturated rings. The fraction of sp³-hybridized carbons (Fsp3) is 0.292. The highest BCUT2D eigenvalue weighted by molar-refractivity contribution is 6.12. The van der Waals surface area contributed by atoms with E-state index >= 15 is 0 Å². The van der Waals surface area contributed by atoms with Crippen LogP contribution in [0.5, 0.6) is 11.5 Å². The van der Waals surface area contributed by atoms with Gasteiger partial charge in [0.05, 0.1) is 6.61 Å². The number of rotatable bonds is 7. The van der Waals surface area contributed by atoms with Crippen LogP contribution in [0, 0.1) is 13.8 Å². The first-order valence-electron chi connectivity index (χ1n) is 9.98. The molecule has 1 amide bonds. The van der Waals surface area contributed by atoms with Crippen LogP contribution in [0.4, 0.5) is 0 Å².